The van der Waals surface area contributed by atoms with Gasteiger partial charge in [0.25, 0.3) is 0 Å². The third-order valence-electron chi connectivity index (χ3n) is 11.3. The lowest BCUT2D eigenvalue weighted by Crippen LogP contribution is -2.66. The number of benzene rings is 1. The molecule has 6 rings (SSSR count). The molecule has 4 aliphatic carbocycles. The molecule has 0 unspecified atom stereocenters. The third kappa shape index (κ3) is 3.17. The number of aliphatic hydroxyl groups excluding tert-OH is 1. The second-order valence-electron chi connectivity index (χ2n) is 12.5. The monoisotopic (exact) mass is 544 g/mol. The molecule has 0 aliphatic heterocycles. The SMILES string of the molecule is CC[C@@]12CCC3=Cc4c(cnn4-c4cc(F)cc(F)c4)C[C@]3(C)[C@H]1[C@@H](O)C[C@@]1(CC)[C@H]2CC[C@]1(O)C(=O)S.[HH]. The molecule has 8 heteroatoms. The highest BCUT2D eigenvalue weighted by Gasteiger charge is 2.73. The molecule has 0 radical (unpaired) electrons. The van der Waals surface area contributed by atoms with Crippen LogP contribution in [0.1, 0.15) is 78.4 Å². The molecular weight excluding hydrogens is 506 g/mol. The van der Waals surface area contributed by atoms with Crippen LogP contribution in [0.25, 0.3) is 11.8 Å². The molecule has 2 aromatic rings. The Morgan fingerprint density at radius 2 is 1.92 bits per heavy atom. The maximum absolute atomic E-state index is 14.0. The van der Waals surface area contributed by atoms with Crippen LogP contribution in [-0.4, -0.2) is 36.8 Å². The van der Waals surface area contributed by atoms with E-state index in [2.05, 4.69) is 37.7 Å². The Hall–Kier alpha value is -2.03. The zero-order valence-electron chi connectivity index (χ0n) is 22.2. The van der Waals surface area contributed by atoms with Crippen molar-refractivity contribution in [3.05, 3.63) is 52.9 Å². The average molecular weight is 545 g/mol. The van der Waals surface area contributed by atoms with Crippen LogP contribution >= 0.6 is 12.6 Å². The minimum Gasteiger partial charge on any atom is -0.393 e. The van der Waals surface area contributed by atoms with Crippen molar-refractivity contribution < 1.29 is 25.2 Å². The van der Waals surface area contributed by atoms with Crippen LogP contribution in [-0.2, 0) is 11.2 Å². The van der Waals surface area contributed by atoms with Crippen molar-refractivity contribution in [2.45, 2.75) is 83.8 Å². The smallest absolute Gasteiger partial charge is 0.218 e. The first-order valence-electron chi connectivity index (χ1n) is 13.8. The van der Waals surface area contributed by atoms with Crippen molar-refractivity contribution in [3.63, 3.8) is 0 Å². The second-order valence-corrected chi connectivity index (χ2v) is 12.9. The predicted octanol–water partition coefficient (Wildman–Crippen LogP) is 5.91. The standard InChI is InChI=1S/C30H36F2N2O3S.H2/c1-4-28-8-6-18-10-22-17(16-33-34(22)21-12-19(31)11-20(32)13-21)14-27(18,3)25(28)23(35)15-29(5-2)24(28)7-9-30(29,37)26(36)38;/h10-13,16,23-25,35,37H,4-9,14-15H2,1-3H3,(H,36,38);1H/t23-,24-,25+,27-,28-,29-,30-;/m0./s1. The van der Waals surface area contributed by atoms with Crippen molar-refractivity contribution in [2.24, 2.45) is 28.1 Å². The van der Waals surface area contributed by atoms with Crippen LogP contribution < -0.4 is 0 Å². The highest BCUT2D eigenvalue weighted by atomic mass is 32.1. The zero-order chi connectivity index (χ0) is 27.3. The molecule has 0 amide bonds. The van der Waals surface area contributed by atoms with Crippen LogP contribution in [0.2, 0.25) is 0 Å². The van der Waals surface area contributed by atoms with Gasteiger partial charge in [0.2, 0.25) is 5.12 Å². The summed E-state index contributed by atoms with van der Waals surface area (Å²) in [7, 11) is 0. The number of hydrogen-bond acceptors (Lipinski definition) is 4. The summed E-state index contributed by atoms with van der Waals surface area (Å²) in [5.41, 5.74) is 0.592. The van der Waals surface area contributed by atoms with Gasteiger partial charge in [0.1, 0.15) is 17.2 Å². The largest absolute Gasteiger partial charge is 0.393 e. The maximum atomic E-state index is 14.0. The van der Waals surface area contributed by atoms with E-state index in [1.165, 1.54) is 17.7 Å². The van der Waals surface area contributed by atoms with Gasteiger partial charge < -0.3 is 10.2 Å². The van der Waals surface area contributed by atoms with E-state index in [9.17, 15) is 23.8 Å². The molecular formula is C30H38F2N2O3S. The first-order valence-corrected chi connectivity index (χ1v) is 14.3. The molecule has 38 heavy (non-hydrogen) atoms. The normalized spacial score (nSPS) is 39.6. The van der Waals surface area contributed by atoms with E-state index in [-0.39, 0.29) is 24.1 Å². The van der Waals surface area contributed by atoms with Crippen molar-refractivity contribution in [1.82, 2.24) is 9.78 Å². The van der Waals surface area contributed by atoms with Gasteiger partial charge in [-0.25, -0.2) is 13.5 Å². The number of rotatable bonds is 4. The van der Waals surface area contributed by atoms with Gasteiger partial charge in [-0.2, -0.15) is 5.10 Å². The molecule has 3 fully saturated rings. The number of allylic oxidation sites excluding steroid dienone is 1. The predicted molar refractivity (Wildman–Crippen MR) is 146 cm³/mol. The summed E-state index contributed by atoms with van der Waals surface area (Å²) < 4.78 is 29.6. The van der Waals surface area contributed by atoms with E-state index in [1.54, 1.807) is 10.9 Å². The molecule has 1 heterocycles. The summed E-state index contributed by atoms with van der Waals surface area (Å²) in [6, 6.07) is 3.42. The van der Waals surface area contributed by atoms with Gasteiger partial charge in [0.15, 0.2) is 0 Å². The summed E-state index contributed by atoms with van der Waals surface area (Å²) in [4.78, 5) is 12.7. The molecule has 2 N–H and O–H groups in total. The minimum atomic E-state index is -1.53. The van der Waals surface area contributed by atoms with Crippen molar-refractivity contribution >= 4 is 23.8 Å². The van der Waals surface area contributed by atoms with E-state index >= 15 is 0 Å². The quantitative estimate of drug-likeness (QED) is 0.419. The number of halogens is 2. The van der Waals surface area contributed by atoms with E-state index in [0.29, 0.717) is 31.4 Å². The number of aromatic nitrogens is 2. The molecule has 1 aromatic carbocycles. The van der Waals surface area contributed by atoms with Crippen molar-refractivity contribution in [2.75, 3.05) is 0 Å². The molecule has 7 atom stereocenters. The molecule has 0 spiro atoms. The number of fused-ring (bicyclic) bond motifs is 6. The summed E-state index contributed by atoms with van der Waals surface area (Å²) in [6.07, 6.45) is 8.52. The van der Waals surface area contributed by atoms with E-state index in [1.807, 2.05) is 6.92 Å². The van der Waals surface area contributed by atoms with Crippen LogP contribution in [0.3, 0.4) is 0 Å². The van der Waals surface area contributed by atoms with Crippen LogP contribution in [0, 0.1) is 39.7 Å². The number of aliphatic hydroxyl groups is 2. The zero-order valence-corrected chi connectivity index (χ0v) is 23.1. The Morgan fingerprint density at radius 1 is 1.21 bits per heavy atom. The topological polar surface area (TPSA) is 75.3 Å². The van der Waals surface area contributed by atoms with Gasteiger partial charge >= 0.3 is 0 Å². The number of carbonyl (C=O) groups is 1. The van der Waals surface area contributed by atoms with Gasteiger partial charge in [0.05, 0.1) is 23.7 Å². The average Bonchev–Trinajstić information content (AvgIpc) is 3.40. The Labute approximate surface area is 229 Å². The molecule has 5 nitrogen and oxygen atoms in total. The fourth-order valence-electron chi connectivity index (χ4n) is 9.86. The number of carbonyl (C=O) groups excluding carboxylic acids is 1. The number of nitrogens with zero attached hydrogens (tertiary/aromatic N) is 2. The Morgan fingerprint density at radius 3 is 2.55 bits per heavy atom. The third-order valence-corrected chi connectivity index (χ3v) is 11.7. The highest BCUT2D eigenvalue weighted by molar-refractivity contribution is 7.96. The lowest BCUT2D eigenvalue weighted by Gasteiger charge is -2.67. The Balaban J connectivity index is 0.00000308. The summed E-state index contributed by atoms with van der Waals surface area (Å²) >= 11 is 4.14. The van der Waals surface area contributed by atoms with Crippen molar-refractivity contribution in [1.29, 1.82) is 0 Å². The fourth-order valence-corrected chi connectivity index (χ4v) is 10.2. The lowest BCUT2D eigenvalue weighted by atomic mass is 9.38. The van der Waals surface area contributed by atoms with Crippen molar-refractivity contribution in [3.8, 4) is 5.69 Å². The first kappa shape index (κ1) is 26.2. The minimum absolute atomic E-state index is 0. The molecule has 0 bridgehead atoms. The summed E-state index contributed by atoms with van der Waals surface area (Å²) in [5.74, 6) is -1.24. The molecule has 3 saturated carbocycles. The Bertz CT molecular complexity index is 1350. The van der Waals surface area contributed by atoms with Gasteiger partial charge in [-0.1, -0.05) is 26.3 Å². The second kappa shape index (κ2) is 8.48. The molecule has 0 saturated heterocycles. The van der Waals surface area contributed by atoms with E-state index < -0.39 is 33.9 Å². The van der Waals surface area contributed by atoms with Gasteiger partial charge in [-0.15, -0.1) is 12.6 Å². The van der Waals surface area contributed by atoms with Gasteiger partial charge in [0, 0.05) is 18.8 Å². The van der Waals surface area contributed by atoms with Crippen LogP contribution in [0.15, 0.2) is 30.0 Å². The fraction of sp³-hybridized carbons (Fsp3) is 0.600. The summed E-state index contributed by atoms with van der Waals surface area (Å²) in [6.45, 7) is 6.46. The van der Waals surface area contributed by atoms with Crippen LogP contribution in [0.5, 0.6) is 0 Å². The highest BCUT2D eigenvalue weighted by Crippen LogP contribution is 2.74. The van der Waals surface area contributed by atoms with Crippen LogP contribution in [0.4, 0.5) is 8.78 Å². The molecule has 206 valence electrons. The van der Waals surface area contributed by atoms with E-state index in [0.717, 1.165) is 43.0 Å². The maximum Gasteiger partial charge on any atom is 0.218 e. The summed E-state index contributed by atoms with van der Waals surface area (Å²) in [5, 5.41) is 27.7. The molecule has 1 aromatic heterocycles. The van der Waals surface area contributed by atoms with Gasteiger partial charge in [-0.05, 0) is 91.9 Å². The molecule has 4 aliphatic rings. The first-order chi connectivity index (χ1) is 18.0. The lowest BCUT2D eigenvalue weighted by molar-refractivity contribution is -0.215. The number of hydrogen-bond donors (Lipinski definition) is 3. The Kier molecular flexibility index (Phi) is 5.85. The number of thiol groups is 1. The van der Waals surface area contributed by atoms with E-state index in [4.69, 9.17) is 0 Å². The van der Waals surface area contributed by atoms with Gasteiger partial charge in [-0.3, -0.25) is 4.79 Å².